The van der Waals surface area contributed by atoms with E-state index in [1.807, 2.05) is 31.3 Å². The Bertz CT molecular complexity index is 5870. The molecule has 2 aliphatic rings. The highest BCUT2D eigenvalue weighted by molar-refractivity contribution is 7.80. The number of carboxylic acid groups (broad SMARTS) is 1. The molecule has 790 valence electrons. The molecule has 146 heavy (non-hydrogen) atoms. The number of H-pyrrole nitrogens is 3. The molecule has 3 aromatic heterocycles. The van der Waals surface area contributed by atoms with Gasteiger partial charge in [-0.1, -0.05) is 113 Å². The van der Waals surface area contributed by atoms with Crippen molar-refractivity contribution in [2.24, 2.45) is 17.6 Å². The van der Waals surface area contributed by atoms with Crippen LogP contribution < -0.4 is 85.5 Å². The van der Waals surface area contributed by atoms with Crippen molar-refractivity contribution in [1.29, 1.82) is 0 Å². The monoisotopic (exact) mass is 2060 g/mol. The van der Waals surface area contributed by atoms with Gasteiger partial charge in [0.15, 0.2) is 0 Å². The van der Waals surface area contributed by atoms with Crippen LogP contribution in [0.25, 0.3) is 32.7 Å². The van der Waals surface area contributed by atoms with Crippen molar-refractivity contribution in [3.63, 3.8) is 0 Å². The fourth-order valence-electron chi connectivity index (χ4n) is 17.7. The Morgan fingerprint density at radius 3 is 1.16 bits per heavy atom. The number of hydrogen-bond acceptors (Lipinski definition) is 28. The van der Waals surface area contributed by atoms with Crippen molar-refractivity contribution >= 4 is 153 Å². The number of piperidine rings is 1. The van der Waals surface area contributed by atoms with E-state index in [9.17, 15) is 113 Å². The summed E-state index contributed by atoms with van der Waals surface area (Å²) in [6.07, 6.45) is 6.94. The van der Waals surface area contributed by atoms with Crippen LogP contribution in [0.1, 0.15) is 118 Å². The lowest BCUT2D eigenvalue weighted by Crippen LogP contribution is -2.62. The summed E-state index contributed by atoms with van der Waals surface area (Å²) in [5.41, 5.74) is 12.2. The number of phenolic OH excluding ortho intramolecular Hbond substituents is 2. The van der Waals surface area contributed by atoms with Crippen LogP contribution in [0, 0.1) is 11.8 Å². The number of thiol groups is 2. The number of hydrogen-bond donors (Lipinski definition) is 30. The fraction of sp³-hybridized carbons (Fsp3) is 0.475. The number of aliphatic carboxylic acids is 1. The molecule has 10 rings (SSSR count). The van der Waals surface area contributed by atoms with Crippen molar-refractivity contribution in [2.45, 2.75) is 214 Å². The SMILES string of the molecule is CCCC[C@H](NC(=O)[C@@H](CO)NC(=O)[C@@H](CO)NC(=O)[C@@H](CO)NC(=O)[C@@H](CO)NC(=O)[C@@H](CO)NC(=O)[C@@H]1CC2c3cccc4[nH]cc(c34)CC2N(CCC)C1)C(=O)N[C@H](Cc1ccc(O)cc1)C(=O)N[C@H](CO)C(=O)N[C@@H](CS)C(=O)N[C@@H](Cc1ccc(O)cc1)C(=O)N[C@H](Cc1c[nH]c2ccccc12)C(=O)N[C@@H](CCCCN)C(=O)N[C@H](C(=O)N[C@@H](CS)C(=O)N[C@@H](Cc1c[nH]c2ccccc12)C(=O)O)C(C)C. The van der Waals surface area contributed by atoms with Crippen molar-refractivity contribution < 1.29 is 123 Å². The van der Waals surface area contributed by atoms with Crippen LogP contribution in [0.5, 0.6) is 11.5 Å². The van der Waals surface area contributed by atoms with Gasteiger partial charge in [-0.2, -0.15) is 25.3 Å². The smallest absolute Gasteiger partial charge is 0.326 e. The maximum atomic E-state index is 15.2. The summed E-state index contributed by atoms with van der Waals surface area (Å²) in [5, 5.41) is 133. The molecule has 0 radical (unpaired) electrons. The van der Waals surface area contributed by atoms with Crippen molar-refractivity contribution in [3.8, 4) is 11.5 Å². The van der Waals surface area contributed by atoms with Crippen LogP contribution >= 0.6 is 25.3 Å². The third-order valence-corrected chi connectivity index (χ3v) is 26.5. The first-order chi connectivity index (χ1) is 70.0. The number of fused-ring (bicyclic) bond motifs is 4. The molecule has 5 aromatic carbocycles. The number of carbonyl (C=O) groups is 16. The molecule has 1 saturated heterocycles. The van der Waals surface area contributed by atoms with Crippen LogP contribution in [-0.4, -0.2) is 328 Å². The van der Waals surface area contributed by atoms with E-state index in [0.29, 0.717) is 59.9 Å². The molecule has 47 heteroatoms. The topological polar surface area (TPSA) is 712 Å². The van der Waals surface area contributed by atoms with Crippen molar-refractivity contribution in [3.05, 3.63) is 167 Å². The zero-order chi connectivity index (χ0) is 106. The number of likely N-dealkylation sites (tertiary alicyclic amines) is 1. The zero-order valence-electron chi connectivity index (χ0n) is 81.1. The third kappa shape index (κ3) is 30.9. The fourth-order valence-corrected chi connectivity index (χ4v) is 18.2. The molecule has 15 amide bonds. The number of carboxylic acids is 1. The lowest BCUT2D eigenvalue weighted by atomic mass is 9.72. The van der Waals surface area contributed by atoms with Crippen LogP contribution in [0.2, 0.25) is 0 Å². The summed E-state index contributed by atoms with van der Waals surface area (Å²) < 4.78 is 0. The number of amides is 15. The Morgan fingerprint density at radius 2 is 0.747 bits per heavy atom. The summed E-state index contributed by atoms with van der Waals surface area (Å²) in [5.74, 6) is -20.0. The number of aromatic hydroxyl groups is 2. The number of para-hydroxylation sites is 2. The summed E-state index contributed by atoms with van der Waals surface area (Å²) >= 11 is 8.65. The van der Waals surface area contributed by atoms with Crippen molar-refractivity contribution in [1.82, 2.24) is 99.6 Å². The second kappa shape index (κ2) is 55.5. The number of nitrogens with two attached hydrogens (primary N) is 1. The van der Waals surface area contributed by atoms with E-state index >= 15 is 9.59 Å². The van der Waals surface area contributed by atoms with E-state index in [2.05, 4.69) is 125 Å². The van der Waals surface area contributed by atoms with Gasteiger partial charge in [0.05, 0.1) is 45.6 Å². The van der Waals surface area contributed by atoms with Crippen LogP contribution in [-0.2, 0) is 109 Å². The minimum atomic E-state index is -2.01. The predicted octanol–water partition coefficient (Wildman–Crippen LogP) is -3.60. The number of aliphatic hydroxyl groups is 6. The van der Waals surface area contributed by atoms with Gasteiger partial charge in [0.2, 0.25) is 88.6 Å². The van der Waals surface area contributed by atoms with Gasteiger partial charge in [-0.25, -0.2) is 4.79 Å². The Labute approximate surface area is 851 Å². The molecule has 8 aromatic rings. The highest BCUT2D eigenvalue weighted by atomic mass is 32.1. The molecule has 29 N–H and O–H groups in total. The average Bonchev–Trinajstić information content (AvgIpc) is 1.53. The van der Waals surface area contributed by atoms with Crippen LogP contribution in [0.4, 0.5) is 0 Å². The van der Waals surface area contributed by atoms with E-state index in [-0.39, 0.29) is 86.3 Å². The van der Waals surface area contributed by atoms with Gasteiger partial charge >= 0.3 is 5.97 Å². The molecule has 0 bridgehead atoms. The second-order valence-corrected chi connectivity index (χ2v) is 37.3. The van der Waals surface area contributed by atoms with Gasteiger partial charge in [0.1, 0.15) is 102 Å². The van der Waals surface area contributed by atoms with E-state index < -0.39 is 249 Å². The Balaban J connectivity index is 0.772. The number of benzene rings is 5. The number of nitrogens with one attached hydrogen (secondary N) is 18. The lowest BCUT2D eigenvalue weighted by Gasteiger charge is -2.46. The molecule has 2 unspecified atom stereocenters. The second-order valence-electron chi connectivity index (χ2n) is 36.6. The van der Waals surface area contributed by atoms with Gasteiger partial charge in [-0.15, -0.1) is 0 Å². The van der Waals surface area contributed by atoms with E-state index in [4.69, 9.17) is 5.73 Å². The maximum Gasteiger partial charge on any atom is 0.326 e. The standard InChI is InChI=1S/C99H132N20O25S2/c1-5-7-18-67(105-90(134)74(44-121)112-92(136)76(46-123)114-94(138)77(47-124)115-93(137)75(45-122)113-91(135)73(43-120)110-84(128)57-35-63-62-17-14-22-66-82(62)56(41-103-66)38-81(63)119(42-57)32-6-2)85(129)106-70(34-53-25-29-59(127)30-26-53)88(132)111-78(48-125)95(139)116-79(49-145)96(140)107-69(33-52-23-27-58(126)28-24-52)87(131)108-71(36-54-39-101-64-19-10-8-15-60(54)64)89(133)104-68(21-12-13-31-100)86(130)118-83(51(3)4)98(142)117-80(50-146)97(141)109-72(99(143)144)37-55-40-102-65-20-11-9-16-61(55)65/h8-11,14-17,19-20,22-30,39-41,51,57,63,67-81,83,101-103,120-127,145-146H,5-7,12-13,18,21,31-38,42-50,100H2,1-4H3,(H,104,133)(H,105,134)(H,106,129)(H,107,140)(H,108,131)(H,109,141)(H,110,128)(H,111,132)(H,112,136)(H,113,135)(H,114,138)(H,115,137)(H,116,139)(H,117,142)(H,118,130)(H,143,144)/t57-,63?,67+,68+,69+,70-,71-,72+,73-,74-,75-,76-,77-,78-,79+,80+,81?,83+/m1/s1. The summed E-state index contributed by atoms with van der Waals surface area (Å²) in [7, 11) is 0. The number of aliphatic hydroxyl groups excluding tert-OH is 6. The van der Waals surface area contributed by atoms with E-state index in [0.717, 1.165) is 40.2 Å². The predicted molar refractivity (Wildman–Crippen MR) is 540 cm³/mol. The molecular weight excluding hydrogens is 1930 g/mol. The number of aromatic nitrogens is 3. The Morgan fingerprint density at radius 1 is 0.390 bits per heavy atom. The normalized spacial score (nSPS) is 17.0. The molecular formula is C99H132N20O25S2. The van der Waals surface area contributed by atoms with Gasteiger partial charge in [-0.3, -0.25) is 76.8 Å². The Hall–Kier alpha value is -13.8. The maximum absolute atomic E-state index is 15.2. The minimum absolute atomic E-state index is 0.0429. The molecule has 45 nitrogen and oxygen atoms in total. The third-order valence-electron chi connectivity index (χ3n) is 25.8. The molecule has 0 spiro atoms. The molecule has 1 aliphatic carbocycles. The molecule has 0 saturated carbocycles. The summed E-state index contributed by atoms with van der Waals surface area (Å²) in [4.78, 5) is 239. The van der Waals surface area contributed by atoms with Gasteiger partial charge in [-0.05, 0) is 140 Å². The van der Waals surface area contributed by atoms with Crippen LogP contribution in [0.3, 0.4) is 0 Å². The molecule has 1 aliphatic heterocycles. The Kier molecular flexibility index (Phi) is 43.4. The summed E-state index contributed by atoms with van der Waals surface area (Å²) in [6, 6.07) is 5.47. The first kappa shape index (κ1) is 114. The number of phenols is 2. The van der Waals surface area contributed by atoms with Crippen LogP contribution in [0.15, 0.2) is 134 Å². The van der Waals surface area contributed by atoms with E-state index in [1.165, 1.54) is 54.1 Å². The zero-order valence-corrected chi connectivity index (χ0v) is 82.9. The molecule has 4 heterocycles. The minimum Gasteiger partial charge on any atom is -0.508 e. The van der Waals surface area contributed by atoms with Gasteiger partial charge in [0, 0.05) is 107 Å². The van der Waals surface area contributed by atoms with Gasteiger partial charge in [0.25, 0.3) is 0 Å². The number of rotatable bonds is 57. The largest absolute Gasteiger partial charge is 0.508 e. The van der Waals surface area contributed by atoms with Gasteiger partial charge < -0.3 is 146 Å². The number of aromatic amines is 3. The first-order valence-electron chi connectivity index (χ1n) is 48.4. The highest BCUT2D eigenvalue weighted by Gasteiger charge is 2.45. The van der Waals surface area contributed by atoms with Crippen molar-refractivity contribution in [2.75, 3.05) is 70.8 Å². The summed E-state index contributed by atoms with van der Waals surface area (Å²) in [6.45, 7) is 1.30. The molecule has 1 fully saturated rings. The lowest BCUT2D eigenvalue weighted by molar-refractivity contribution is -0.142. The average molecular weight is 2070 g/mol. The quantitative estimate of drug-likeness (QED) is 0.0129. The highest BCUT2D eigenvalue weighted by Crippen LogP contribution is 2.45. The number of unbranched alkanes of at least 4 members (excludes halogenated alkanes) is 2. The van der Waals surface area contributed by atoms with E-state index in [1.54, 1.807) is 81.7 Å². The number of carbonyl (C=O) groups excluding carboxylic acids is 15. The molecule has 18 atom stereocenters. The first-order valence-corrected chi connectivity index (χ1v) is 49.6. The number of nitrogens with zero attached hydrogens (tertiary/aromatic N) is 1.